The van der Waals surface area contributed by atoms with Gasteiger partial charge >= 0.3 is 0 Å². The van der Waals surface area contributed by atoms with Gasteiger partial charge in [-0.2, -0.15) is 0 Å². The van der Waals surface area contributed by atoms with Crippen molar-refractivity contribution in [3.63, 3.8) is 0 Å². The second-order valence-electron chi connectivity index (χ2n) is 6.50. The third-order valence-corrected chi connectivity index (χ3v) is 4.67. The van der Waals surface area contributed by atoms with Crippen LogP contribution in [0.4, 0.5) is 17.2 Å². The van der Waals surface area contributed by atoms with Gasteiger partial charge < -0.3 is 15.0 Å². The van der Waals surface area contributed by atoms with Crippen LogP contribution in [0.3, 0.4) is 0 Å². The number of nitrogens with zero attached hydrogens (tertiary/aromatic N) is 3. The van der Waals surface area contributed by atoms with Gasteiger partial charge in [-0.15, -0.1) is 0 Å². The van der Waals surface area contributed by atoms with Crippen LogP contribution in [0.5, 0.6) is 5.75 Å². The molecule has 0 saturated heterocycles. The molecule has 0 fully saturated rings. The highest BCUT2D eigenvalue weighted by Crippen LogP contribution is 2.33. The Morgan fingerprint density at radius 1 is 1.15 bits per heavy atom. The van der Waals surface area contributed by atoms with Crippen molar-refractivity contribution in [2.75, 3.05) is 17.3 Å². The molecule has 6 heteroatoms. The lowest BCUT2D eigenvalue weighted by molar-refractivity contribution is 0.0976. The van der Waals surface area contributed by atoms with E-state index in [1.165, 1.54) is 11.9 Å². The van der Waals surface area contributed by atoms with Crippen LogP contribution < -0.4 is 15.0 Å². The third-order valence-electron chi connectivity index (χ3n) is 4.67. The molecule has 0 saturated carbocycles. The van der Waals surface area contributed by atoms with Crippen molar-refractivity contribution >= 4 is 23.1 Å². The van der Waals surface area contributed by atoms with E-state index in [9.17, 15) is 4.79 Å². The number of ether oxygens (including phenoxy) is 1. The number of para-hydroxylation sites is 1. The number of rotatable bonds is 4. The van der Waals surface area contributed by atoms with E-state index in [-0.39, 0.29) is 11.9 Å². The summed E-state index contributed by atoms with van der Waals surface area (Å²) in [6.45, 7) is 2.05. The molecule has 2 aromatic carbocycles. The van der Waals surface area contributed by atoms with Gasteiger partial charge in [0.15, 0.2) is 0 Å². The first-order valence-electron chi connectivity index (χ1n) is 8.80. The smallest absolute Gasteiger partial charge is 0.277 e. The number of carbonyl (C=O) groups is 1. The molecule has 0 radical (unpaired) electrons. The molecular formula is C21H20N4O2. The zero-order chi connectivity index (χ0) is 18.8. The maximum Gasteiger partial charge on any atom is 0.277 e. The van der Waals surface area contributed by atoms with Gasteiger partial charge in [0.2, 0.25) is 0 Å². The number of nitrogens with one attached hydrogen (secondary N) is 1. The number of methoxy groups -OCH3 is 1. The van der Waals surface area contributed by atoms with Crippen LogP contribution in [0.1, 0.15) is 23.0 Å². The fraction of sp³-hybridized carbons (Fsp3) is 0.190. The van der Waals surface area contributed by atoms with Gasteiger partial charge in [-0.05, 0) is 49.2 Å². The van der Waals surface area contributed by atoms with Crippen LogP contribution in [0.15, 0.2) is 60.9 Å². The SMILES string of the molecule is COc1ccc(Nc2cc(C(=O)N3c4ccccc4CC3C)ncn2)cc1. The van der Waals surface area contributed by atoms with Crippen LogP contribution in [0.25, 0.3) is 0 Å². The molecule has 4 rings (SSSR count). The molecule has 1 aliphatic heterocycles. The summed E-state index contributed by atoms with van der Waals surface area (Å²) in [7, 11) is 1.63. The lowest BCUT2D eigenvalue weighted by Crippen LogP contribution is -2.36. The van der Waals surface area contributed by atoms with Crippen LogP contribution in [0, 0.1) is 0 Å². The molecular weight excluding hydrogens is 340 g/mol. The predicted octanol–water partition coefficient (Wildman–Crippen LogP) is 3.82. The number of fused-ring (bicyclic) bond motifs is 1. The van der Waals surface area contributed by atoms with E-state index in [2.05, 4.69) is 28.3 Å². The molecule has 3 aromatic rings. The first-order chi connectivity index (χ1) is 13.2. The van der Waals surface area contributed by atoms with E-state index in [0.717, 1.165) is 23.5 Å². The number of hydrogen-bond donors (Lipinski definition) is 1. The summed E-state index contributed by atoms with van der Waals surface area (Å²) in [4.78, 5) is 23.3. The fourth-order valence-corrected chi connectivity index (χ4v) is 3.36. The minimum Gasteiger partial charge on any atom is -0.497 e. The van der Waals surface area contributed by atoms with Gasteiger partial charge in [0.05, 0.1) is 7.11 Å². The molecule has 0 aliphatic carbocycles. The molecule has 1 N–H and O–H groups in total. The minimum atomic E-state index is -0.118. The second kappa shape index (κ2) is 7.07. The van der Waals surface area contributed by atoms with Crippen LogP contribution >= 0.6 is 0 Å². The first-order valence-corrected chi connectivity index (χ1v) is 8.80. The summed E-state index contributed by atoms with van der Waals surface area (Å²) in [6, 6.07) is 17.3. The summed E-state index contributed by atoms with van der Waals surface area (Å²) in [5, 5.41) is 3.19. The Morgan fingerprint density at radius 3 is 2.70 bits per heavy atom. The van der Waals surface area contributed by atoms with Crippen LogP contribution in [-0.2, 0) is 6.42 Å². The minimum absolute atomic E-state index is 0.0999. The summed E-state index contributed by atoms with van der Waals surface area (Å²) in [5.41, 5.74) is 3.36. The van der Waals surface area contributed by atoms with Crippen molar-refractivity contribution in [1.82, 2.24) is 9.97 Å². The van der Waals surface area contributed by atoms with Crippen molar-refractivity contribution in [3.05, 3.63) is 72.2 Å². The largest absolute Gasteiger partial charge is 0.497 e. The van der Waals surface area contributed by atoms with Crippen molar-refractivity contribution in [3.8, 4) is 5.75 Å². The van der Waals surface area contributed by atoms with Gasteiger partial charge in [0.25, 0.3) is 5.91 Å². The highest BCUT2D eigenvalue weighted by atomic mass is 16.5. The average molecular weight is 360 g/mol. The van der Waals surface area contributed by atoms with Crippen molar-refractivity contribution in [2.24, 2.45) is 0 Å². The zero-order valence-corrected chi connectivity index (χ0v) is 15.2. The van der Waals surface area contributed by atoms with Crippen molar-refractivity contribution < 1.29 is 9.53 Å². The van der Waals surface area contributed by atoms with E-state index in [1.54, 1.807) is 13.2 Å². The van der Waals surface area contributed by atoms with Crippen LogP contribution in [0.2, 0.25) is 0 Å². The molecule has 1 aromatic heterocycles. The lowest BCUT2D eigenvalue weighted by Gasteiger charge is -2.22. The Balaban J connectivity index is 1.57. The van der Waals surface area contributed by atoms with Gasteiger partial charge in [-0.3, -0.25) is 4.79 Å². The fourth-order valence-electron chi connectivity index (χ4n) is 3.36. The molecule has 0 bridgehead atoms. The Hall–Kier alpha value is -3.41. The summed E-state index contributed by atoms with van der Waals surface area (Å²) < 4.78 is 5.16. The molecule has 1 amide bonds. The maximum absolute atomic E-state index is 13.1. The Labute approximate surface area is 157 Å². The molecule has 1 unspecified atom stereocenters. The van der Waals surface area contributed by atoms with E-state index in [0.29, 0.717) is 11.5 Å². The van der Waals surface area contributed by atoms with E-state index in [1.807, 2.05) is 47.4 Å². The summed E-state index contributed by atoms with van der Waals surface area (Å²) >= 11 is 0. The molecule has 6 nitrogen and oxygen atoms in total. The molecule has 27 heavy (non-hydrogen) atoms. The lowest BCUT2D eigenvalue weighted by atomic mass is 10.1. The van der Waals surface area contributed by atoms with Crippen LogP contribution in [-0.4, -0.2) is 29.0 Å². The molecule has 136 valence electrons. The van der Waals surface area contributed by atoms with Gasteiger partial charge in [0, 0.05) is 23.5 Å². The van der Waals surface area contributed by atoms with Gasteiger partial charge in [-0.1, -0.05) is 18.2 Å². The number of aromatic nitrogens is 2. The normalized spacial score (nSPS) is 15.3. The monoisotopic (exact) mass is 360 g/mol. The zero-order valence-electron chi connectivity index (χ0n) is 15.2. The second-order valence-corrected chi connectivity index (χ2v) is 6.50. The summed E-state index contributed by atoms with van der Waals surface area (Å²) in [6.07, 6.45) is 2.26. The van der Waals surface area contributed by atoms with Gasteiger partial charge in [-0.25, -0.2) is 9.97 Å². The van der Waals surface area contributed by atoms with E-state index in [4.69, 9.17) is 4.74 Å². The number of amides is 1. The molecule has 2 heterocycles. The number of hydrogen-bond acceptors (Lipinski definition) is 5. The quantitative estimate of drug-likeness (QED) is 0.766. The average Bonchev–Trinajstić information content (AvgIpc) is 3.04. The number of benzene rings is 2. The number of anilines is 3. The molecule has 1 atom stereocenters. The third kappa shape index (κ3) is 3.33. The Bertz CT molecular complexity index is 972. The Kier molecular flexibility index (Phi) is 4.46. The molecule has 0 spiro atoms. The Morgan fingerprint density at radius 2 is 1.93 bits per heavy atom. The number of carbonyl (C=O) groups excluding carboxylic acids is 1. The van der Waals surface area contributed by atoms with Crippen molar-refractivity contribution in [2.45, 2.75) is 19.4 Å². The molecule has 1 aliphatic rings. The van der Waals surface area contributed by atoms with Gasteiger partial charge in [0.1, 0.15) is 23.6 Å². The summed E-state index contributed by atoms with van der Waals surface area (Å²) in [5.74, 6) is 1.23. The topological polar surface area (TPSA) is 67.3 Å². The predicted molar refractivity (Wildman–Crippen MR) is 105 cm³/mol. The standard InChI is InChI=1S/C21H20N4O2/c1-14-11-15-5-3-4-6-19(15)25(14)21(26)18-12-20(23-13-22-18)24-16-7-9-17(27-2)10-8-16/h3-10,12-14H,11H2,1-2H3,(H,22,23,24). The first kappa shape index (κ1) is 17.0. The highest BCUT2D eigenvalue weighted by Gasteiger charge is 2.31. The highest BCUT2D eigenvalue weighted by molar-refractivity contribution is 6.06. The maximum atomic E-state index is 13.1. The van der Waals surface area contributed by atoms with E-state index >= 15 is 0 Å². The van der Waals surface area contributed by atoms with E-state index < -0.39 is 0 Å². The van der Waals surface area contributed by atoms with Crippen molar-refractivity contribution in [1.29, 1.82) is 0 Å².